The zero-order valence-corrected chi connectivity index (χ0v) is 18.5. The standard InChI is InChI=1S/C19H21N3O7S2/c1-13-3-4-14(11-18(13)31(26,27)22-7-9-28-10-8-22)20-30(24,25)15-5-6-16-17(12-15)29-19(23)21(16)2/h3-6,11-12,20H,7-10H2,1-2H3. The van der Waals surface area contributed by atoms with Crippen LogP contribution in [0.25, 0.3) is 11.1 Å². The van der Waals surface area contributed by atoms with E-state index in [1.807, 2.05) is 0 Å². The predicted octanol–water partition coefficient (Wildman–Crippen LogP) is 1.26. The number of hydrogen-bond donors (Lipinski definition) is 1. The van der Waals surface area contributed by atoms with Crippen molar-refractivity contribution in [3.8, 4) is 0 Å². The number of ether oxygens (including phenoxy) is 1. The molecule has 1 aliphatic heterocycles. The van der Waals surface area contributed by atoms with E-state index in [1.165, 1.54) is 46.3 Å². The monoisotopic (exact) mass is 467 g/mol. The Hall–Kier alpha value is -2.67. The SMILES string of the molecule is Cc1ccc(NS(=O)(=O)c2ccc3c(c2)oc(=O)n3C)cc1S(=O)(=O)N1CCOCC1. The van der Waals surface area contributed by atoms with Crippen LogP contribution >= 0.6 is 0 Å². The molecule has 3 aromatic rings. The van der Waals surface area contributed by atoms with Crippen LogP contribution in [0.1, 0.15) is 5.56 Å². The lowest BCUT2D eigenvalue weighted by Gasteiger charge is -2.26. The van der Waals surface area contributed by atoms with Crippen LogP contribution in [-0.2, 0) is 31.8 Å². The minimum absolute atomic E-state index is 0.0270. The summed E-state index contributed by atoms with van der Waals surface area (Å²) in [5, 5.41) is 0. The van der Waals surface area contributed by atoms with Crippen molar-refractivity contribution in [2.45, 2.75) is 16.7 Å². The van der Waals surface area contributed by atoms with Crippen LogP contribution in [0.4, 0.5) is 5.69 Å². The Labute approximate surface area is 179 Å². The average Bonchev–Trinajstić information content (AvgIpc) is 3.03. The molecule has 1 saturated heterocycles. The van der Waals surface area contributed by atoms with Crippen LogP contribution in [0.3, 0.4) is 0 Å². The first-order chi connectivity index (χ1) is 14.6. The topological polar surface area (TPSA) is 128 Å². The maximum Gasteiger partial charge on any atom is 0.419 e. The van der Waals surface area contributed by atoms with Gasteiger partial charge in [0.25, 0.3) is 10.0 Å². The largest absolute Gasteiger partial charge is 0.419 e. The Morgan fingerprint density at radius 3 is 2.42 bits per heavy atom. The Morgan fingerprint density at radius 2 is 1.71 bits per heavy atom. The first-order valence-electron chi connectivity index (χ1n) is 9.40. The molecule has 0 aliphatic carbocycles. The highest BCUT2D eigenvalue weighted by molar-refractivity contribution is 7.92. The fourth-order valence-corrected chi connectivity index (χ4v) is 6.09. The third-order valence-corrected chi connectivity index (χ3v) is 8.52. The lowest BCUT2D eigenvalue weighted by Crippen LogP contribution is -2.40. The molecule has 4 rings (SSSR count). The number of fused-ring (bicyclic) bond motifs is 1. The zero-order valence-electron chi connectivity index (χ0n) is 16.9. The highest BCUT2D eigenvalue weighted by atomic mass is 32.2. The number of morpholine rings is 1. The van der Waals surface area contributed by atoms with Crippen molar-refractivity contribution in [2.75, 3.05) is 31.0 Å². The minimum Gasteiger partial charge on any atom is -0.408 e. The lowest BCUT2D eigenvalue weighted by atomic mass is 10.2. The summed E-state index contributed by atoms with van der Waals surface area (Å²) in [6.07, 6.45) is 0. The smallest absolute Gasteiger partial charge is 0.408 e. The van der Waals surface area contributed by atoms with Crippen molar-refractivity contribution in [1.29, 1.82) is 0 Å². The Balaban J connectivity index is 1.67. The summed E-state index contributed by atoms with van der Waals surface area (Å²) < 4.78 is 67.0. The van der Waals surface area contributed by atoms with E-state index < -0.39 is 25.8 Å². The third kappa shape index (κ3) is 3.99. The molecule has 1 fully saturated rings. The minimum atomic E-state index is -4.06. The number of rotatable bonds is 5. The van der Waals surface area contributed by atoms with E-state index in [0.717, 1.165) is 0 Å². The van der Waals surface area contributed by atoms with Crippen LogP contribution in [0.2, 0.25) is 0 Å². The Bertz CT molecular complexity index is 1420. The molecular weight excluding hydrogens is 446 g/mol. The first-order valence-corrected chi connectivity index (χ1v) is 12.3. The molecule has 1 aromatic heterocycles. The van der Waals surface area contributed by atoms with E-state index in [0.29, 0.717) is 24.3 Å². The van der Waals surface area contributed by atoms with Gasteiger partial charge < -0.3 is 9.15 Å². The normalized spacial score (nSPS) is 15.9. The van der Waals surface area contributed by atoms with Gasteiger partial charge in [-0.1, -0.05) is 6.07 Å². The van der Waals surface area contributed by atoms with E-state index >= 15 is 0 Å². The summed E-state index contributed by atoms with van der Waals surface area (Å²) in [6, 6.07) is 8.41. The molecule has 0 spiro atoms. The summed E-state index contributed by atoms with van der Waals surface area (Å²) in [5.41, 5.74) is 1.20. The fraction of sp³-hybridized carbons (Fsp3) is 0.316. The van der Waals surface area contributed by atoms with Crippen LogP contribution in [0.15, 0.2) is 55.4 Å². The van der Waals surface area contributed by atoms with Crippen molar-refractivity contribution >= 4 is 36.8 Å². The van der Waals surface area contributed by atoms with Crippen LogP contribution < -0.4 is 10.5 Å². The molecule has 0 radical (unpaired) electrons. The zero-order chi connectivity index (χ0) is 22.4. The quantitative estimate of drug-likeness (QED) is 0.598. The second-order valence-electron chi connectivity index (χ2n) is 7.16. The molecule has 0 atom stereocenters. The van der Waals surface area contributed by atoms with Gasteiger partial charge in [-0.05, 0) is 36.8 Å². The number of hydrogen-bond acceptors (Lipinski definition) is 7. The highest BCUT2D eigenvalue weighted by Gasteiger charge is 2.28. The molecule has 10 nitrogen and oxygen atoms in total. The van der Waals surface area contributed by atoms with E-state index in [9.17, 15) is 21.6 Å². The molecule has 2 heterocycles. The number of sulfonamides is 2. The lowest BCUT2D eigenvalue weighted by molar-refractivity contribution is 0.0730. The van der Waals surface area contributed by atoms with Crippen molar-refractivity contribution in [2.24, 2.45) is 7.05 Å². The van der Waals surface area contributed by atoms with Gasteiger partial charge in [0, 0.05) is 26.2 Å². The van der Waals surface area contributed by atoms with E-state index in [2.05, 4.69) is 4.72 Å². The average molecular weight is 468 g/mol. The number of oxazole rings is 1. The van der Waals surface area contributed by atoms with Crippen molar-refractivity contribution in [3.05, 3.63) is 52.5 Å². The fourth-order valence-electron chi connectivity index (χ4n) is 3.36. The number of nitrogens with zero attached hydrogens (tertiary/aromatic N) is 2. The van der Waals surface area contributed by atoms with Gasteiger partial charge in [-0.2, -0.15) is 4.31 Å². The summed E-state index contributed by atoms with van der Waals surface area (Å²) in [7, 11) is -6.34. The molecule has 0 saturated carbocycles. The molecule has 12 heteroatoms. The van der Waals surface area contributed by atoms with Gasteiger partial charge in [0.2, 0.25) is 10.0 Å². The number of anilines is 1. The van der Waals surface area contributed by atoms with Gasteiger partial charge in [0.15, 0.2) is 5.58 Å². The molecule has 0 amide bonds. The van der Waals surface area contributed by atoms with E-state index in [-0.39, 0.29) is 34.2 Å². The van der Waals surface area contributed by atoms with E-state index in [4.69, 9.17) is 9.15 Å². The number of benzene rings is 2. The predicted molar refractivity (Wildman–Crippen MR) is 113 cm³/mol. The van der Waals surface area contributed by atoms with Crippen LogP contribution in [0.5, 0.6) is 0 Å². The summed E-state index contributed by atoms with van der Waals surface area (Å²) in [6.45, 7) is 2.74. The Kier molecular flexibility index (Phi) is 5.41. The molecule has 0 bridgehead atoms. The molecular formula is C19H21N3O7S2. The molecule has 2 aromatic carbocycles. The van der Waals surface area contributed by atoms with Crippen LogP contribution in [0, 0.1) is 6.92 Å². The van der Waals surface area contributed by atoms with Gasteiger partial charge >= 0.3 is 5.76 Å². The number of nitrogens with one attached hydrogen (secondary N) is 1. The molecule has 31 heavy (non-hydrogen) atoms. The van der Waals surface area contributed by atoms with Crippen molar-refractivity contribution < 1.29 is 26.0 Å². The molecule has 1 N–H and O–H groups in total. The molecule has 1 aliphatic rings. The number of aromatic nitrogens is 1. The van der Waals surface area contributed by atoms with Gasteiger partial charge in [0.05, 0.1) is 34.2 Å². The molecule has 0 unspecified atom stereocenters. The first kappa shape index (κ1) is 21.6. The maximum atomic E-state index is 13.0. The molecule has 166 valence electrons. The van der Waals surface area contributed by atoms with Crippen molar-refractivity contribution in [1.82, 2.24) is 8.87 Å². The van der Waals surface area contributed by atoms with E-state index in [1.54, 1.807) is 13.0 Å². The maximum absolute atomic E-state index is 13.0. The van der Waals surface area contributed by atoms with Gasteiger partial charge in [-0.3, -0.25) is 9.29 Å². The summed E-state index contributed by atoms with van der Waals surface area (Å²) in [4.78, 5) is 11.6. The second-order valence-corrected chi connectivity index (χ2v) is 10.7. The van der Waals surface area contributed by atoms with Crippen molar-refractivity contribution in [3.63, 3.8) is 0 Å². The summed E-state index contributed by atoms with van der Waals surface area (Å²) in [5.74, 6) is -0.603. The van der Waals surface area contributed by atoms with Gasteiger partial charge in [-0.25, -0.2) is 21.6 Å². The van der Waals surface area contributed by atoms with Gasteiger partial charge in [0.1, 0.15) is 0 Å². The number of aryl methyl sites for hydroxylation is 2. The highest BCUT2D eigenvalue weighted by Crippen LogP contribution is 2.26. The Morgan fingerprint density at radius 1 is 1.00 bits per heavy atom. The van der Waals surface area contributed by atoms with Crippen LogP contribution in [-0.4, -0.2) is 52.0 Å². The van der Waals surface area contributed by atoms with Gasteiger partial charge in [-0.15, -0.1) is 0 Å². The summed E-state index contributed by atoms with van der Waals surface area (Å²) >= 11 is 0. The third-order valence-electron chi connectivity index (χ3n) is 5.10. The second kappa shape index (κ2) is 7.79.